The molecule has 21 heavy (non-hydrogen) atoms. The number of hydrogen-bond donors (Lipinski definition) is 0. The minimum absolute atomic E-state index is 0.256. The first kappa shape index (κ1) is 14.4. The van der Waals surface area contributed by atoms with Crippen molar-refractivity contribution >= 4 is 38.3 Å². The molecule has 5 heteroatoms. The van der Waals surface area contributed by atoms with Crippen molar-refractivity contribution in [3.05, 3.63) is 57.5 Å². The van der Waals surface area contributed by atoms with Crippen molar-refractivity contribution in [3.8, 4) is 11.4 Å². The van der Waals surface area contributed by atoms with E-state index in [9.17, 15) is 4.39 Å². The van der Waals surface area contributed by atoms with Gasteiger partial charge in [0.25, 0.3) is 0 Å². The first-order chi connectivity index (χ1) is 10.1. The lowest BCUT2D eigenvalue weighted by atomic mass is 10.0. The normalized spacial score (nSPS) is 11.0. The number of rotatable bonds is 2. The van der Waals surface area contributed by atoms with Crippen LogP contribution in [0.5, 0.6) is 0 Å². The Morgan fingerprint density at radius 2 is 1.81 bits per heavy atom. The highest BCUT2D eigenvalue weighted by Crippen LogP contribution is 2.31. The van der Waals surface area contributed by atoms with Crippen molar-refractivity contribution in [3.63, 3.8) is 0 Å². The molecule has 0 saturated heterocycles. The van der Waals surface area contributed by atoms with Gasteiger partial charge in [-0.05, 0) is 39.9 Å². The maximum Gasteiger partial charge on any atom is 0.161 e. The van der Waals surface area contributed by atoms with E-state index < -0.39 is 0 Å². The van der Waals surface area contributed by atoms with Gasteiger partial charge < -0.3 is 0 Å². The number of aryl methyl sites for hydroxylation is 1. The summed E-state index contributed by atoms with van der Waals surface area (Å²) >= 11 is 9.55. The SMILES string of the molecule is CCc1nc(-c2ccc(F)c3ccccc23)nc(Cl)c1Br. The fourth-order valence-corrected chi connectivity index (χ4v) is 2.92. The molecule has 0 bridgehead atoms. The molecule has 0 fully saturated rings. The molecule has 0 radical (unpaired) electrons. The maximum atomic E-state index is 13.9. The summed E-state index contributed by atoms with van der Waals surface area (Å²) in [6.45, 7) is 2.00. The lowest BCUT2D eigenvalue weighted by molar-refractivity contribution is 0.640. The van der Waals surface area contributed by atoms with Crippen molar-refractivity contribution in [2.45, 2.75) is 13.3 Å². The zero-order valence-electron chi connectivity index (χ0n) is 11.2. The van der Waals surface area contributed by atoms with E-state index in [0.29, 0.717) is 20.8 Å². The molecule has 0 saturated carbocycles. The number of halogens is 3. The van der Waals surface area contributed by atoms with Crippen LogP contribution in [0, 0.1) is 5.82 Å². The topological polar surface area (TPSA) is 25.8 Å². The van der Waals surface area contributed by atoms with Crippen molar-refractivity contribution < 1.29 is 4.39 Å². The highest BCUT2D eigenvalue weighted by molar-refractivity contribution is 9.10. The molecule has 106 valence electrons. The van der Waals surface area contributed by atoms with Crippen molar-refractivity contribution in [1.82, 2.24) is 9.97 Å². The molecule has 0 spiro atoms. The third-order valence-corrected chi connectivity index (χ3v) is 4.66. The third kappa shape index (κ3) is 2.54. The number of nitrogens with zero attached hydrogens (tertiary/aromatic N) is 2. The highest BCUT2D eigenvalue weighted by atomic mass is 79.9. The Bertz CT molecular complexity index is 836. The Labute approximate surface area is 135 Å². The maximum absolute atomic E-state index is 13.9. The van der Waals surface area contributed by atoms with Crippen LogP contribution >= 0.6 is 27.5 Å². The van der Waals surface area contributed by atoms with Gasteiger partial charge in [0, 0.05) is 10.9 Å². The molecule has 0 aliphatic carbocycles. The Morgan fingerprint density at radius 1 is 1.10 bits per heavy atom. The molecule has 1 aromatic heterocycles. The molecule has 1 heterocycles. The lowest BCUT2D eigenvalue weighted by Gasteiger charge is -2.09. The van der Waals surface area contributed by atoms with Crippen molar-refractivity contribution in [2.75, 3.05) is 0 Å². The van der Waals surface area contributed by atoms with Gasteiger partial charge in [-0.25, -0.2) is 14.4 Å². The van der Waals surface area contributed by atoms with Crippen LogP contribution in [0.1, 0.15) is 12.6 Å². The van der Waals surface area contributed by atoms with Gasteiger partial charge >= 0.3 is 0 Å². The minimum Gasteiger partial charge on any atom is -0.232 e. The van der Waals surface area contributed by atoms with Crippen LogP contribution < -0.4 is 0 Å². The smallest absolute Gasteiger partial charge is 0.161 e. The van der Waals surface area contributed by atoms with Crippen LogP contribution in [0.15, 0.2) is 40.9 Å². The molecular formula is C16H11BrClFN2. The third-order valence-electron chi connectivity index (χ3n) is 3.33. The number of hydrogen-bond acceptors (Lipinski definition) is 2. The quantitative estimate of drug-likeness (QED) is 0.567. The van der Waals surface area contributed by atoms with E-state index in [1.165, 1.54) is 6.07 Å². The van der Waals surface area contributed by atoms with Gasteiger partial charge in [0.05, 0.1) is 10.2 Å². The van der Waals surface area contributed by atoms with E-state index in [2.05, 4.69) is 25.9 Å². The molecular weight excluding hydrogens is 355 g/mol. The zero-order chi connectivity index (χ0) is 15.0. The molecule has 0 aliphatic heterocycles. The summed E-state index contributed by atoms with van der Waals surface area (Å²) < 4.78 is 14.6. The monoisotopic (exact) mass is 364 g/mol. The molecule has 0 aliphatic rings. The highest BCUT2D eigenvalue weighted by Gasteiger charge is 2.14. The van der Waals surface area contributed by atoms with Gasteiger partial charge in [0.2, 0.25) is 0 Å². The number of fused-ring (bicyclic) bond motifs is 1. The van der Waals surface area contributed by atoms with Gasteiger partial charge in [-0.1, -0.05) is 42.8 Å². The Morgan fingerprint density at radius 3 is 2.52 bits per heavy atom. The second kappa shape index (κ2) is 5.70. The van der Waals surface area contributed by atoms with Crippen molar-refractivity contribution in [1.29, 1.82) is 0 Å². The van der Waals surface area contributed by atoms with Crippen LogP contribution in [0.4, 0.5) is 4.39 Å². The summed E-state index contributed by atoms with van der Waals surface area (Å²) in [5, 5.41) is 1.69. The van der Waals surface area contributed by atoms with Gasteiger partial charge in [0.1, 0.15) is 11.0 Å². The Balaban J connectivity index is 2.31. The van der Waals surface area contributed by atoms with E-state index in [-0.39, 0.29) is 5.82 Å². The lowest BCUT2D eigenvalue weighted by Crippen LogP contribution is -1.98. The molecule has 2 nitrogen and oxygen atoms in total. The average Bonchev–Trinajstić information content (AvgIpc) is 2.51. The van der Waals surface area contributed by atoms with E-state index in [0.717, 1.165) is 23.1 Å². The van der Waals surface area contributed by atoms with E-state index >= 15 is 0 Å². The predicted octanol–water partition coefficient (Wildman–Crippen LogP) is 5.41. The predicted molar refractivity (Wildman–Crippen MR) is 87.0 cm³/mol. The van der Waals surface area contributed by atoms with Crippen molar-refractivity contribution in [2.24, 2.45) is 0 Å². The summed E-state index contributed by atoms with van der Waals surface area (Å²) in [7, 11) is 0. The fourth-order valence-electron chi connectivity index (χ4n) is 2.28. The first-order valence-electron chi connectivity index (χ1n) is 6.51. The van der Waals surface area contributed by atoms with Crippen LogP contribution in [-0.4, -0.2) is 9.97 Å². The van der Waals surface area contributed by atoms with Gasteiger partial charge in [0.15, 0.2) is 5.82 Å². The van der Waals surface area contributed by atoms with E-state index in [1.54, 1.807) is 12.1 Å². The van der Waals surface area contributed by atoms with Gasteiger partial charge in [-0.3, -0.25) is 0 Å². The molecule has 0 amide bonds. The summed E-state index contributed by atoms with van der Waals surface area (Å²) in [6.07, 6.45) is 0.731. The molecule has 2 aromatic carbocycles. The van der Waals surface area contributed by atoms with E-state index in [4.69, 9.17) is 11.6 Å². The van der Waals surface area contributed by atoms with Crippen LogP contribution in [0.25, 0.3) is 22.2 Å². The van der Waals surface area contributed by atoms with Crippen LogP contribution in [0.3, 0.4) is 0 Å². The van der Waals surface area contributed by atoms with Gasteiger partial charge in [-0.15, -0.1) is 0 Å². The summed E-state index contributed by atoms with van der Waals surface area (Å²) in [4.78, 5) is 8.85. The summed E-state index contributed by atoms with van der Waals surface area (Å²) in [6, 6.07) is 10.4. The standard InChI is InChI=1S/C16H11BrClFN2/c1-2-13-14(17)15(18)21-16(20-13)11-7-8-12(19)10-6-4-3-5-9(10)11/h3-8H,2H2,1H3. The zero-order valence-corrected chi connectivity index (χ0v) is 13.5. The molecule has 3 rings (SSSR count). The second-order valence-corrected chi connectivity index (χ2v) is 5.74. The van der Waals surface area contributed by atoms with E-state index in [1.807, 2.05) is 25.1 Å². The molecule has 0 atom stereocenters. The first-order valence-corrected chi connectivity index (χ1v) is 7.68. The number of aromatic nitrogens is 2. The summed E-state index contributed by atoms with van der Waals surface area (Å²) in [5.41, 5.74) is 1.61. The second-order valence-electron chi connectivity index (χ2n) is 4.59. The largest absolute Gasteiger partial charge is 0.232 e. The van der Waals surface area contributed by atoms with Crippen LogP contribution in [0.2, 0.25) is 5.15 Å². The number of benzene rings is 2. The summed E-state index contributed by atoms with van der Waals surface area (Å²) in [5.74, 6) is 0.254. The molecule has 0 N–H and O–H groups in total. The fraction of sp³-hybridized carbons (Fsp3) is 0.125. The van der Waals surface area contributed by atoms with Crippen LogP contribution in [-0.2, 0) is 6.42 Å². The Kier molecular flexibility index (Phi) is 3.91. The minimum atomic E-state index is -0.256. The van der Waals surface area contributed by atoms with Gasteiger partial charge in [-0.2, -0.15) is 0 Å². The Hall–Kier alpha value is -1.52. The average molecular weight is 366 g/mol. The molecule has 3 aromatic rings. The molecule has 0 unspecified atom stereocenters.